The number of carboxylic acids is 2. The van der Waals surface area contributed by atoms with Crippen molar-refractivity contribution in [3.05, 3.63) is 72.0 Å². The number of nitrogens with zero attached hydrogens (tertiary/aromatic N) is 2. The Hall–Kier alpha value is -7.15. The Bertz CT molecular complexity index is 2440. The molecule has 7 amide bonds. The molecule has 0 spiro atoms. The van der Waals surface area contributed by atoms with E-state index in [-0.39, 0.29) is 49.7 Å². The first-order chi connectivity index (χ1) is 35.4. The van der Waals surface area contributed by atoms with Crippen LogP contribution in [0.4, 0.5) is 0 Å². The molecule has 0 saturated carbocycles. The molecule has 2 rings (SSSR count). The summed E-state index contributed by atoms with van der Waals surface area (Å²) >= 11 is 0. The average Bonchev–Trinajstić information content (AvgIpc) is 3.34. The number of sulfone groups is 1. The summed E-state index contributed by atoms with van der Waals surface area (Å²) in [5, 5.41) is 35.4. The number of aliphatic carboxylic acids is 2. The van der Waals surface area contributed by atoms with Gasteiger partial charge in [-0.15, -0.1) is 0 Å². The minimum atomic E-state index is -3.80. The lowest BCUT2D eigenvalue weighted by Gasteiger charge is -2.28. The number of methoxy groups -OCH3 is 1. The smallest absolute Gasteiger partial charge is 0.327 e. The molecule has 1 aliphatic heterocycles. The Balaban J connectivity index is 2.81. The molecule has 1 aromatic carbocycles. The van der Waals surface area contributed by atoms with Crippen LogP contribution in [0, 0.1) is 23.7 Å². The zero-order valence-corrected chi connectivity index (χ0v) is 45.6. The van der Waals surface area contributed by atoms with Gasteiger partial charge in [-0.1, -0.05) is 95.3 Å². The van der Waals surface area contributed by atoms with Crippen LogP contribution in [0.5, 0.6) is 0 Å². The van der Waals surface area contributed by atoms with E-state index in [0.29, 0.717) is 12.0 Å². The first-order valence-electron chi connectivity index (χ1n) is 24.9. The third-order valence-corrected chi connectivity index (χ3v) is 13.6. The van der Waals surface area contributed by atoms with E-state index in [0.717, 1.165) is 23.6 Å². The van der Waals surface area contributed by atoms with Crippen LogP contribution in [0.15, 0.2) is 71.4 Å². The number of hydrogen-bond acceptors (Lipinski definition) is 13. The van der Waals surface area contributed by atoms with Gasteiger partial charge in [0.05, 0.1) is 29.7 Å². The summed E-state index contributed by atoms with van der Waals surface area (Å²) in [5.41, 5.74) is 12.3. The normalized spacial score (nSPS) is 24.7. The second-order valence-corrected chi connectivity index (χ2v) is 21.8. The summed E-state index contributed by atoms with van der Waals surface area (Å²) < 4.78 is 30.4. The van der Waals surface area contributed by atoms with Crippen molar-refractivity contribution < 1.29 is 66.5 Å². The van der Waals surface area contributed by atoms with Gasteiger partial charge >= 0.3 is 11.9 Å². The Morgan fingerprint density at radius 2 is 1.42 bits per heavy atom. The van der Waals surface area contributed by atoms with E-state index < -0.39 is 142 Å². The fourth-order valence-corrected chi connectivity index (χ4v) is 8.59. The SMILES string of the molecule is C=C1C(=O)N[C@H](CC(C)C)C(=O)N[C@@H](CCS(C)(=O)=O)C(=O)N[C@@H](C(=O)O)[C@H](C)C(=O)N[C@@H](CCCN=C(N)N)C(=O)N[C@@H](/C=C/C(C)=C/[C@H](C)[C@H](Cc2ccccc2)OC)[C@H](C)C(=O)N[C@@H](C(=O)O)CCC(=O)N1C. The fraction of sp³-hybridized carbons (Fsp3) is 0.569. The topological polar surface area (TPSA) is 377 Å². The predicted molar refractivity (Wildman–Crippen MR) is 283 cm³/mol. The molecule has 0 aliphatic carbocycles. The Morgan fingerprint density at radius 1 is 0.842 bits per heavy atom. The summed E-state index contributed by atoms with van der Waals surface area (Å²) in [6.45, 7) is 13.3. The van der Waals surface area contributed by atoms with Crippen molar-refractivity contribution in [2.24, 2.45) is 40.1 Å². The van der Waals surface area contributed by atoms with Crippen LogP contribution in [-0.4, -0.2) is 158 Å². The standard InChI is InChI=1S/C51H78N10O14S/c1-28(2)25-39-48(68)57-37(22-24-76(10,73)74)47(67)60-42(50(71)72)32(6)44(64)56-36(17-14-23-54-51(52)53)46(66)55-35(19-18-29(3)26-30(4)40(75-9)27-34-15-12-11-13-16-34)31(5)43(63)58-38(49(69)70)20-21-41(62)61(8)33(7)45(65)59-39/h11-13,15-16,18-19,26,28,30-32,35-40,42H,7,14,17,20-25,27H2,1-6,8-10H3,(H,55,66)(H,56,64)(H,57,68)(H,58,63)(H,59,65)(H,60,67)(H,69,70)(H,71,72)(H4,52,53,54)/b19-18+,29-26+/t30-,31-,32-,35-,36-,37-,38+,39+,40-,42+/m0/s1. The number of nitrogens with two attached hydrogens (primary N) is 2. The molecule has 0 unspecified atom stereocenters. The largest absolute Gasteiger partial charge is 0.480 e. The molecular formula is C51H78N10O14S. The third-order valence-electron chi connectivity index (χ3n) is 12.6. The molecule has 1 aromatic rings. The van der Waals surface area contributed by atoms with E-state index in [9.17, 15) is 61.8 Å². The molecule has 1 saturated heterocycles. The number of hydrogen-bond donors (Lipinski definition) is 10. The first-order valence-corrected chi connectivity index (χ1v) is 26.9. The predicted octanol–water partition coefficient (Wildman–Crippen LogP) is 0.0332. The first kappa shape index (κ1) is 65.0. The van der Waals surface area contributed by atoms with E-state index in [1.807, 2.05) is 43.3 Å². The summed E-state index contributed by atoms with van der Waals surface area (Å²) in [7, 11) is -1.02. The van der Waals surface area contributed by atoms with Crippen molar-refractivity contribution in [3.8, 4) is 0 Å². The van der Waals surface area contributed by atoms with Gasteiger partial charge in [0.1, 0.15) is 45.7 Å². The number of ether oxygens (including phenoxy) is 1. The van der Waals surface area contributed by atoms with Gasteiger partial charge in [-0.05, 0) is 56.9 Å². The molecule has 0 radical (unpaired) electrons. The quantitative estimate of drug-likeness (QED) is 0.0305. The van der Waals surface area contributed by atoms with Crippen molar-refractivity contribution in [2.75, 3.05) is 32.7 Å². The third kappa shape index (κ3) is 22.4. The zero-order valence-electron chi connectivity index (χ0n) is 44.8. The van der Waals surface area contributed by atoms with E-state index in [2.05, 4.69) is 43.5 Å². The van der Waals surface area contributed by atoms with Crippen LogP contribution >= 0.6 is 0 Å². The second-order valence-electron chi connectivity index (χ2n) is 19.5. The van der Waals surface area contributed by atoms with Gasteiger partial charge in [-0.2, -0.15) is 0 Å². The maximum atomic E-state index is 14.4. The highest BCUT2D eigenvalue weighted by atomic mass is 32.2. The number of aliphatic imine (C=N–C) groups is 1. The molecule has 1 fully saturated rings. The number of benzene rings is 1. The maximum Gasteiger partial charge on any atom is 0.327 e. The van der Waals surface area contributed by atoms with Gasteiger partial charge in [-0.25, -0.2) is 18.0 Å². The lowest BCUT2D eigenvalue weighted by Crippen LogP contribution is -2.59. The fourth-order valence-electron chi connectivity index (χ4n) is 7.93. The van der Waals surface area contributed by atoms with Crippen molar-refractivity contribution >= 4 is 69.1 Å². The number of likely N-dealkylation sites (N-methyl/N-ethyl adjacent to an activating group) is 1. The van der Waals surface area contributed by atoms with Gasteiger partial charge < -0.3 is 63.2 Å². The van der Waals surface area contributed by atoms with Crippen LogP contribution in [-0.2, 0) is 64.1 Å². The molecule has 76 heavy (non-hydrogen) atoms. The monoisotopic (exact) mass is 1090 g/mol. The number of carbonyl (C=O) groups is 9. The molecule has 12 N–H and O–H groups in total. The van der Waals surface area contributed by atoms with Crippen molar-refractivity contribution in [3.63, 3.8) is 0 Å². The molecule has 1 aliphatic rings. The molecular weight excluding hydrogens is 1010 g/mol. The highest BCUT2D eigenvalue weighted by Crippen LogP contribution is 2.19. The van der Waals surface area contributed by atoms with E-state index >= 15 is 0 Å². The summed E-state index contributed by atoms with van der Waals surface area (Å²) in [4.78, 5) is 128. The highest BCUT2D eigenvalue weighted by Gasteiger charge is 2.38. The number of nitrogens with one attached hydrogen (secondary N) is 6. The Morgan fingerprint density at radius 3 is 1.99 bits per heavy atom. The molecule has 25 heteroatoms. The molecule has 24 nitrogen and oxygen atoms in total. The summed E-state index contributed by atoms with van der Waals surface area (Å²) in [6, 6.07) is 0.0950. The van der Waals surface area contributed by atoms with Crippen LogP contribution in [0.1, 0.15) is 85.6 Å². The molecule has 422 valence electrons. The van der Waals surface area contributed by atoms with Crippen LogP contribution in [0.25, 0.3) is 0 Å². The van der Waals surface area contributed by atoms with E-state index in [1.54, 1.807) is 34.0 Å². The molecule has 0 bridgehead atoms. The van der Waals surface area contributed by atoms with Crippen LogP contribution < -0.4 is 43.4 Å². The molecule has 10 atom stereocenters. The minimum Gasteiger partial charge on any atom is -0.480 e. The van der Waals surface area contributed by atoms with Gasteiger partial charge in [0.25, 0.3) is 5.91 Å². The van der Waals surface area contributed by atoms with E-state index in [1.165, 1.54) is 20.0 Å². The lowest BCUT2D eigenvalue weighted by molar-refractivity contribution is -0.146. The van der Waals surface area contributed by atoms with Crippen molar-refractivity contribution in [2.45, 2.75) is 129 Å². The van der Waals surface area contributed by atoms with Gasteiger partial charge in [0, 0.05) is 39.3 Å². The summed E-state index contributed by atoms with van der Waals surface area (Å²) in [5.74, 6) is -14.4. The zero-order chi connectivity index (χ0) is 57.6. The van der Waals surface area contributed by atoms with Crippen LogP contribution in [0.3, 0.4) is 0 Å². The number of rotatable bonds is 18. The highest BCUT2D eigenvalue weighted by molar-refractivity contribution is 7.90. The number of guanidine groups is 1. The maximum absolute atomic E-state index is 14.4. The number of carboxylic acid groups (broad SMARTS) is 2. The van der Waals surface area contributed by atoms with Crippen LogP contribution in [0.2, 0.25) is 0 Å². The second kappa shape index (κ2) is 31.0. The Labute approximate surface area is 444 Å². The van der Waals surface area contributed by atoms with Crippen molar-refractivity contribution in [1.29, 1.82) is 0 Å². The minimum absolute atomic E-state index is 0.0202. The van der Waals surface area contributed by atoms with Gasteiger partial charge in [0.15, 0.2) is 5.96 Å². The number of carbonyl (C=O) groups excluding carboxylic acids is 7. The van der Waals surface area contributed by atoms with E-state index in [4.69, 9.17) is 16.2 Å². The molecule has 1 heterocycles. The number of allylic oxidation sites excluding steroid dienone is 2. The number of amides is 7. The molecule has 0 aromatic heterocycles. The average molecular weight is 1090 g/mol. The summed E-state index contributed by atoms with van der Waals surface area (Å²) in [6.07, 6.45) is 4.54. The lowest BCUT2D eigenvalue weighted by atomic mass is 9.94. The van der Waals surface area contributed by atoms with Gasteiger partial charge in [0.2, 0.25) is 35.4 Å². The van der Waals surface area contributed by atoms with Crippen molar-refractivity contribution in [1.82, 2.24) is 36.8 Å². The Kier molecular flexibility index (Phi) is 26.5. The van der Waals surface area contributed by atoms with Gasteiger partial charge in [-0.3, -0.25) is 38.6 Å².